The lowest BCUT2D eigenvalue weighted by molar-refractivity contribution is -0.139. The monoisotopic (exact) mass is 218 g/mol. The number of ether oxygens (including phenoxy) is 1. The maximum Gasteiger partial charge on any atom is 0.340 e. The van der Waals surface area contributed by atoms with Gasteiger partial charge in [-0.3, -0.25) is 4.79 Å². The van der Waals surface area contributed by atoms with Crippen LogP contribution in [-0.4, -0.2) is 13.1 Å². The van der Waals surface area contributed by atoms with E-state index in [0.717, 1.165) is 5.39 Å². The van der Waals surface area contributed by atoms with Crippen LogP contribution in [0.2, 0.25) is 0 Å². The molecule has 1 aromatic heterocycles. The summed E-state index contributed by atoms with van der Waals surface area (Å²) in [5.41, 5.74) is 0.329. The van der Waals surface area contributed by atoms with Gasteiger partial charge in [-0.15, -0.1) is 0 Å². The number of hydrogen-bond donors (Lipinski definition) is 0. The van der Waals surface area contributed by atoms with E-state index in [1.807, 2.05) is 12.1 Å². The largest absolute Gasteiger partial charge is 0.469 e. The van der Waals surface area contributed by atoms with Crippen LogP contribution in [0.1, 0.15) is 5.56 Å². The van der Waals surface area contributed by atoms with Gasteiger partial charge in [0.05, 0.1) is 13.5 Å². The van der Waals surface area contributed by atoms with Crippen LogP contribution in [0.15, 0.2) is 39.5 Å². The van der Waals surface area contributed by atoms with E-state index >= 15 is 0 Å². The number of hydrogen-bond acceptors (Lipinski definition) is 4. The first-order valence-electron chi connectivity index (χ1n) is 4.79. The van der Waals surface area contributed by atoms with Crippen LogP contribution in [0.5, 0.6) is 0 Å². The molecular weight excluding hydrogens is 208 g/mol. The quantitative estimate of drug-likeness (QED) is 0.566. The van der Waals surface area contributed by atoms with Crippen molar-refractivity contribution < 1.29 is 13.9 Å². The summed E-state index contributed by atoms with van der Waals surface area (Å²) in [5, 5.41) is 0.793. The van der Waals surface area contributed by atoms with Crippen molar-refractivity contribution in [1.29, 1.82) is 0 Å². The Morgan fingerprint density at radius 3 is 2.88 bits per heavy atom. The molecule has 0 saturated carbocycles. The molecule has 4 heteroatoms. The highest BCUT2D eigenvalue weighted by molar-refractivity contribution is 5.79. The third kappa shape index (κ3) is 1.95. The van der Waals surface area contributed by atoms with Crippen LogP contribution in [0.4, 0.5) is 0 Å². The minimum Gasteiger partial charge on any atom is -0.469 e. The van der Waals surface area contributed by atoms with E-state index in [9.17, 15) is 9.59 Å². The Hall–Kier alpha value is -2.10. The summed E-state index contributed by atoms with van der Waals surface area (Å²) in [6, 6.07) is 8.80. The Morgan fingerprint density at radius 1 is 1.38 bits per heavy atom. The third-order valence-electron chi connectivity index (χ3n) is 2.28. The Kier molecular flexibility index (Phi) is 2.72. The van der Waals surface area contributed by atoms with Gasteiger partial charge in [0.15, 0.2) is 0 Å². The molecular formula is C12H10O4. The van der Waals surface area contributed by atoms with Gasteiger partial charge in [-0.05, 0) is 12.1 Å². The molecule has 2 rings (SSSR count). The van der Waals surface area contributed by atoms with E-state index < -0.39 is 11.6 Å². The number of rotatable bonds is 2. The van der Waals surface area contributed by atoms with E-state index in [4.69, 9.17) is 4.42 Å². The van der Waals surface area contributed by atoms with E-state index in [-0.39, 0.29) is 6.42 Å². The van der Waals surface area contributed by atoms with Gasteiger partial charge in [0.25, 0.3) is 0 Å². The number of para-hydroxylation sites is 1. The molecule has 82 valence electrons. The number of carbonyl (C=O) groups is 1. The minimum absolute atomic E-state index is 0.0658. The first kappa shape index (κ1) is 10.4. The molecule has 0 radical (unpaired) electrons. The molecule has 0 N–H and O–H groups in total. The summed E-state index contributed by atoms with van der Waals surface area (Å²) in [7, 11) is 1.28. The fraction of sp³-hybridized carbons (Fsp3) is 0.167. The Morgan fingerprint density at radius 2 is 2.12 bits per heavy atom. The Balaban J connectivity index is 2.50. The lowest BCUT2D eigenvalue weighted by atomic mass is 10.1. The molecule has 2 aromatic rings. The molecule has 0 aliphatic carbocycles. The molecule has 1 heterocycles. The summed E-state index contributed by atoms with van der Waals surface area (Å²) in [4.78, 5) is 22.6. The molecule has 0 spiro atoms. The van der Waals surface area contributed by atoms with Crippen molar-refractivity contribution >= 4 is 16.9 Å². The number of methoxy groups -OCH3 is 1. The average molecular weight is 218 g/mol. The van der Waals surface area contributed by atoms with Crippen molar-refractivity contribution in [3.8, 4) is 0 Å². The van der Waals surface area contributed by atoms with Gasteiger partial charge in [0.1, 0.15) is 5.58 Å². The van der Waals surface area contributed by atoms with Crippen LogP contribution in [0, 0.1) is 0 Å². The van der Waals surface area contributed by atoms with Gasteiger partial charge >= 0.3 is 11.6 Å². The zero-order valence-corrected chi connectivity index (χ0v) is 8.73. The molecule has 0 aliphatic heterocycles. The predicted octanol–water partition coefficient (Wildman–Crippen LogP) is 1.51. The van der Waals surface area contributed by atoms with Gasteiger partial charge < -0.3 is 9.15 Å². The van der Waals surface area contributed by atoms with Crippen LogP contribution in [0.3, 0.4) is 0 Å². The normalized spacial score (nSPS) is 10.3. The topological polar surface area (TPSA) is 56.5 Å². The summed E-state index contributed by atoms with van der Waals surface area (Å²) in [6.07, 6.45) is -0.0658. The van der Waals surface area contributed by atoms with Crippen molar-refractivity contribution in [2.45, 2.75) is 6.42 Å². The number of benzene rings is 1. The summed E-state index contributed by atoms with van der Waals surface area (Å²) >= 11 is 0. The van der Waals surface area contributed by atoms with Crippen molar-refractivity contribution in [2.75, 3.05) is 7.11 Å². The van der Waals surface area contributed by atoms with Crippen molar-refractivity contribution in [2.24, 2.45) is 0 Å². The smallest absolute Gasteiger partial charge is 0.340 e. The predicted molar refractivity (Wildman–Crippen MR) is 58.2 cm³/mol. The highest BCUT2D eigenvalue weighted by atomic mass is 16.5. The van der Waals surface area contributed by atoms with Gasteiger partial charge in [-0.2, -0.15) is 0 Å². The summed E-state index contributed by atoms with van der Waals surface area (Å²) in [6.45, 7) is 0. The van der Waals surface area contributed by atoms with Gasteiger partial charge in [-0.1, -0.05) is 18.2 Å². The van der Waals surface area contributed by atoms with E-state index in [1.54, 1.807) is 18.2 Å². The molecule has 0 fully saturated rings. The molecule has 0 aliphatic rings. The molecule has 0 unspecified atom stereocenters. The fourth-order valence-corrected chi connectivity index (χ4v) is 1.46. The van der Waals surface area contributed by atoms with E-state index in [2.05, 4.69) is 4.74 Å². The van der Waals surface area contributed by atoms with Crippen molar-refractivity contribution in [3.05, 3.63) is 46.3 Å². The van der Waals surface area contributed by atoms with Gasteiger partial charge in [-0.25, -0.2) is 4.79 Å². The maximum atomic E-state index is 11.5. The fourth-order valence-electron chi connectivity index (χ4n) is 1.46. The summed E-state index contributed by atoms with van der Waals surface area (Å²) < 4.78 is 9.58. The maximum absolute atomic E-state index is 11.5. The standard InChI is InChI=1S/C12H10O4/c1-15-11(13)7-9-6-8-4-2-3-5-10(8)16-12(9)14/h2-6H,7H2,1H3. The molecule has 4 nitrogen and oxygen atoms in total. The Labute approximate surface area is 91.4 Å². The molecule has 0 amide bonds. The second-order valence-electron chi connectivity index (χ2n) is 3.35. The lowest BCUT2D eigenvalue weighted by Crippen LogP contribution is -2.13. The minimum atomic E-state index is -0.496. The van der Waals surface area contributed by atoms with E-state index in [1.165, 1.54) is 7.11 Å². The average Bonchev–Trinajstić information content (AvgIpc) is 2.30. The van der Waals surface area contributed by atoms with Crippen LogP contribution < -0.4 is 5.63 Å². The number of esters is 1. The molecule has 16 heavy (non-hydrogen) atoms. The molecule has 0 atom stereocenters. The zero-order chi connectivity index (χ0) is 11.5. The van der Waals surface area contributed by atoms with Gasteiger partial charge in [0.2, 0.25) is 0 Å². The summed E-state index contributed by atoms with van der Waals surface area (Å²) in [5.74, 6) is -0.456. The zero-order valence-electron chi connectivity index (χ0n) is 8.73. The number of carbonyl (C=O) groups excluding carboxylic acids is 1. The second-order valence-corrected chi connectivity index (χ2v) is 3.35. The molecule has 1 aromatic carbocycles. The highest BCUT2D eigenvalue weighted by Gasteiger charge is 2.09. The Bertz CT molecular complexity index is 583. The lowest BCUT2D eigenvalue weighted by Gasteiger charge is -2.00. The van der Waals surface area contributed by atoms with Crippen molar-refractivity contribution in [1.82, 2.24) is 0 Å². The second kappa shape index (κ2) is 4.18. The van der Waals surface area contributed by atoms with Crippen LogP contribution in [0.25, 0.3) is 11.0 Å². The third-order valence-corrected chi connectivity index (χ3v) is 2.28. The van der Waals surface area contributed by atoms with Crippen molar-refractivity contribution in [3.63, 3.8) is 0 Å². The number of fused-ring (bicyclic) bond motifs is 1. The SMILES string of the molecule is COC(=O)Cc1cc2ccccc2oc1=O. The highest BCUT2D eigenvalue weighted by Crippen LogP contribution is 2.12. The molecule has 0 bridgehead atoms. The first-order valence-corrected chi connectivity index (χ1v) is 4.79. The van der Waals surface area contributed by atoms with Crippen LogP contribution >= 0.6 is 0 Å². The van der Waals surface area contributed by atoms with E-state index in [0.29, 0.717) is 11.1 Å². The first-order chi connectivity index (χ1) is 7.70. The van der Waals surface area contributed by atoms with Gasteiger partial charge in [0, 0.05) is 10.9 Å². The molecule has 0 saturated heterocycles. The van der Waals surface area contributed by atoms with Crippen LogP contribution in [-0.2, 0) is 16.0 Å².